The lowest BCUT2D eigenvalue weighted by atomic mass is 9.99. The van der Waals surface area contributed by atoms with Crippen LogP contribution in [-0.4, -0.2) is 19.7 Å². The van der Waals surface area contributed by atoms with Gasteiger partial charge in [0.15, 0.2) is 9.84 Å². The van der Waals surface area contributed by atoms with Crippen LogP contribution in [0.15, 0.2) is 81.0 Å². The van der Waals surface area contributed by atoms with Gasteiger partial charge in [0.25, 0.3) is 0 Å². The van der Waals surface area contributed by atoms with E-state index >= 15 is 0 Å². The minimum atomic E-state index is -3.36. The second kappa shape index (κ2) is 6.69. The molecule has 0 atom stereocenters. The number of hydrogen-bond donors (Lipinski definition) is 0. The number of halogens is 1. The summed E-state index contributed by atoms with van der Waals surface area (Å²) in [5.41, 5.74) is 1.28. The lowest BCUT2D eigenvalue weighted by Crippen LogP contribution is -2.08. The van der Waals surface area contributed by atoms with Crippen LogP contribution in [0.1, 0.15) is 0 Å². The van der Waals surface area contributed by atoms with Gasteiger partial charge in [-0.25, -0.2) is 13.4 Å². The molecule has 5 nitrogen and oxygen atoms in total. The van der Waals surface area contributed by atoms with Gasteiger partial charge in [-0.2, -0.15) is 4.39 Å². The van der Waals surface area contributed by atoms with Crippen LogP contribution in [0.3, 0.4) is 0 Å². The van der Waals surface area contributed by atoms with Gasteiger partial charge in [0.05, 0.1) is 15.8 Å². The summed E-state index contributed by atoms with van der Waals surface area (Å²) in [6.07, 6.45) is 2.39. The number of sulfone groups is 1. The van der Waals surface area contributed by atoms with E-state index in [1.165, 1.54) is 30.5 Å². The molecule has 4 aromatic rings. The van der Waals surface area contributed by atoms with Crippen LogP contribution in [0.2, 0.25) is 0 Å². The zero-order valence-corrected chi connectivity index (χ0v) is 15.5. The number of pyridine rings is 1. The van der Waals surface area contributed by atoms with Gasteiger partial charge in [-0.05, 0) is 48.5 Å². The zero-order valence-electron chi connectivity index (χ0n) is 14.7. The minimum Gasteiger partial charge on any atom is -0.455 e. The van der Waals surface area contributed by atoms with E-state index in [4.69, 9.17) is 4.42 Å². The molecule has 2 heterocycles. The lowest BCUT2D eigenvalue weighted by Gasteiger charge is -2.11. The summed E-state index contributed by atoms with van der Waals surface area (Å²) in [5.74, 6) is -0.398. The maximum Gasteiger partial charge on any atom is 0.212 e. The first-order valence-corrected chi connectivity index (χ1v) is 10.2. The molecule has 0 bridgehead atoms. The maximum absolute atomic E-state index is 13.3. The number of fused-ring (bicyclic) bond motifs is 1. The summed E-state index contributed by atoms with van der Waals surface area (Å²) in [5, 5.41) is 0.387. The molecule has 0 aliphatic carbocycles. The summed E-state index contributed by atoms with van der Waals surface area (Å²) in [6, 6.07) is 15.5. The van der Waals surface area contributed by atoms with Crippen molar-refractivity contribution < 1.29 is 17.2 Å². The SMILES string of the molecule is CS(=O)(=O)c1ccc(-c2oc3ccccc3c(=O)c2-c2ccc(F)nc2)cc1. The van der Waals surface area contributed by atoms with E-state index in [1.54, 1.807) is 36.4 Å². The average Bonchev–Trinajstić information content (AvgIpc) is 2.68. The predicted molar refractivity (Wildman–Crippen MR) is 104 cm³/mol. The van der Waals surface area contributed by atoms with E-state index in [0.717, 1.165) is 6.26 Å². The molecule has 2 aromatic carbocycles. The molecular weight excluding hydrogens is 381 g/mol. The third-order valence-corrected chi connectivity index (χ3v) is 5.49. The van der Waals surface area contributed by atoms with Crippen molar-refractivity contribution >= 4 is 20.8 Å². The van der Waals surface area contributed by atoms with Gasteiger partial charge < -0.3 is 4.42 Å². The van der Waals surface area contributed by atoms with Crippen LogP contribution in [0, 0.1) is 5.95 Å². The Morgan fingerprint density at radius 2 is 1.61 bits per heavy atom. The second-order valence-electron chi connectivity index (χ2n) is 6.30. The Hall–Kier alpha value is -3.32. The topological polar surface area (TPSA) is 77.2 Å². The van der Waals surface area contributed by atoms with Crippen molar-refractivity contribution in [3.63, 3.8) is 0 Å². The fourth-order valence-electron chi connectivity index (χ4n) is 2.98. The fraction of sp³-hybridized carbons (Fsp3) is 0.0476. The molecule has 0 saturated heterocycles. The highest BCUT2D eigenvalue weighted by Crippen LogP contribution is 2.32. The standard InChI is InChI=1S/C21H14FNO4S/c1-28(25,26)15-9-6-13(7-10-15)21-19(14-8-11-18(22)23-12-14)20(24)16-4-2-3-5-17(16)27-21/h2-12H,1H3. The molecule has 28 heavy (non-hydrogen) atoms. The molecular formula is C21H14FNO4S. The number of hydrogen-bond acceptors (Lipinski definition) is 5. The normalized spacial score (nSPS) is 11.6. The number of rotatable bonds is 3. The van der Waals surface area contributed by atoms with Gasteiger partial charge in [-0.3, -0.25) is 4.79 Å². The Balaban J connectivity index is 2.03. The Labute approximate surface area is 160 Å². The minimum absolute atomic E-state index is 0.157. The summed E-state index contributed by atoms with van der Waals surface area (Å²) < 4.78 is 42.7. The summed E-state index contributed by atoms with van der Waals surface area (Å²) >= 11 is 0. The average molecular weight is 395 g/mol. The first-order valence-electron chi connectivity index (χ1n) is 8.33. The van der Waals surface area contributed by atoms with Crippen molar-refractivity contribution in [2.45, 2.75) is 4.90 Å². The van der Waals surface area contributed by atoms with Crippen molar-refractivity contribution in [1.29, 1.82) is 0 Å². The van der Waals surface area contributed by atoms with E-state index in [0.29, 0.717) is 22.1 Å². The molecule has 7 heteroatoms. The molecule has 0 amide bonds. The maximum atomic E-state index is 13.3. The van der Waals surface area contributed by atoms with Crippen molar-refractivity contribution in [3.05, 3.63) is 83.0 Å². The molecule has 0 aliphatic rings. The highest BCUT2D eigenvalue weighted by molar-refractivity contribution is 7.90. The quantitative estimate of drug-likeness (QED) is 0.489. The monoisotopic (exact) mass is 395 g/mol. The molecule has 0 N–H and O–H groups in total. The van der Waals surface area contributed by atoms with Crippen LogP contribution in [-0.2, 0) is 9.84 Å². The van der Waals surface area contributed by atoms with Gasteiger partial charge in [-0.15, -0.1) is 0 Å². The fourth-order valence-corrected chi connectivity index (χ4v) is 3.62. The highest BCUT2D eigenvalue weighted by atomic mass is 32.2. The third kappa shape index (κ3) is 3.20. The van der Waals surface area contributed by atoms with E-state index in [1.807, 2.05) is 0 Å². The van der Waals surface area contributed by atoms with Crippen molar-refractivity contribution in [3.8, 4) is 22.5 Å². The van der Waals surface area contributed by atoms with Crippen LogP contribution < -0.4 is 5.43 Å². The van der Waals surface area contributed by atoms with Gasteiger partial charge in [0.1, 0.15) is 11.3 Å². The number of para-hydroxylation sites is 1. The predicted octanol–water partition coefficient (Wildman–Crippen LogP) is 4.06. The highest BCUT2D eigenvalue weighted by Gasteiger charge is 2.19. The van der Waals surface area contributed by atoms with Gasteiger partial charge >= 0.3 is 0 Å². The number of nitrogens with zero attached hydrogens (tertiary/aromatic N) is 1. The summed E-state index contributed by atoms with van der Waals surface area (Å²) in [7, 11) is -3.36. The molecule has 0 unspecified atom stereocenters. The number of benzene rings is 2. The second-order valence-corrected chi connectivity index (χ2v) is 8.31. The molecule has 0 spiro atoms. The molecule has 0 radical (unpaired) electrons. The van der Waals surface area contributed by atoms with Gasteiger partial charge in [-0.1, -0.05) is 12.1 Å². The van der Waals surface area contributed by atoms with E-state index in [2.05, 4.69) is 4.98 Å². The van der Waals surface area contributed by atoms with Crippen molar-refractivity contribution in [2.24, 2.45) is 0 Å². The zero-order chi connectivity index (χ0) is 19.9. The van der Waals surface area contributed by atoms with E-state index in [-0.39, 0.29) is 21.6 Å². The van der Waals surface area contributed by atoms with Crippen molar-refractivity contribution in [1.82, 2.24) is 4.98 Å². The molecule has 4 rings (SSSR count). The van der Waals surface area contributed by atoms with Gasteiger partial charge in [0, 0.05) is 23.6 Å². The molecule has 2 aromatic heterocycles. The smallest absolute Gasteiger partial charge is 0.212 e. The molecule has 0 fully saturated rings. The molecule has 0 saturated carbocycles. The van der Waals surface area contributed by atoms with Gasteiger partial charge in [0.2, 0.25) is 11.4 Å². The molecule has 140 valence electrons. The van der Waals surface area contributed by atoms with Crippen LogP contribution in [0.25, 0.3) is 33.4 Å². The summed E-state index contributed by atoms with van der Waals surface area (Å²) in [4.78, 5) is 16.9. The Kier molecular flexibility index (Phi) is 4.31. The largest absolute Gasteiger partial charge is 0.455 e. The van der Waals surface area contributed by atoms with Crippen LogP contribution >= 0.6 is 0 Å². The first-order chi connectivity index (χ1) is 13.3. The van der Waals surface area contributed by atoms with Crippen LogP contribution in [0.5, 0.6) is 0 Å². The third-order valence-electron chi connectivity index (χ3n) is 4.36. The lowest BCUT2D eigenvalue weighted by molar-refractivity contribution is 0.584. The summed E-state index contributed by atoms with van der Waals surface area (Å²) in [6.45, 7) is 0. The van der Waals surface area contributed by atoms with E-state index in [9.17, 15) is 17.6 Å². The van der Waals surface area contributed by atoms with E-state index < -0.39 is 15.8 Å². The Bertz CT molecular complexity index is 1340. The number of aromatic nitrogens is 1. The first kappa shape index (κ1) is 18.1. The Morgan fingerprint density at radius 1 is 0.929 bits per heavy atom. The van der Waals surface area contributed by atoms with Crippen molar-refractivity contribution in [2.75, 3.05) is 6.26 Å². The Morgan fingerprint density at radius 3 is 2.25 bits per heavy atom. The van der Waals surface area contributed by atoms with Crippen LogP contribution in [0.4, 0.5) is 4.39 Å². The molecule has 0 aliphatic heterocycles.